The zero-order valence-corrected chi connectivity index (χ0v) is 10.2. The molecule has 2 aliphatic rings. The minimum atomic E-state index is -0.845. The molecule has 1 aliphatic carbocycles. The standard InChI is InChI=1S/C11H18N4O3/c12-9(14-18)11(3-1-4-11)10(17)15-6-2-8(16)13-5-7-15/h18H,1-7H2,(H2,12,14)(H,13,16). The second kappa shape index (κ2) is 4.83. The van der Waals surface area contributed by atoms with E-state index in [1.165, 1.54) is 0 Å². The van der Waals surface area contributed by atoms with Gasteiger partial charge in [-0.25, -0.2) is 0 Å². The second-order valence-corrected chi connectivity index (χ2v) is 4.81. The van der Waals surface area contributed by atoms with Crippen LogP contribution in [0.3, 0.4) is 0 Å². The number of hydrogen-bond donors (Lipinski definition) is 3. The first kappa shape index (κ1) is 12.7. The summed E-state index contributed by atoms with van der Waals surface area (Å²) >= 11 is 0. The SMILES string of the molecule is NC(=NO)C1(C(=O)N2CCNC(=O)CC2)CCC1. The molecule has 0 atom stereocenters. The highest BCUT2D eigenvalue weighted by Gasteiger charge is 2.50. The van der Waals surface area contributed by atoms with Gasteiger partial charge in [-0.15, -0.1) is 0 Å². The van der Waals surface area contributed by atoms with E-state index in [0.717, 1.165) is 6.42 Å². The first-order chi connectivity index (χ1) is 8.60. The fourth-order valence-corrected chi connectivity index (χ4v) is 2.48. The smallest absolute Gasteiger partial charge is 0.236 e. The Kier molecular flexibility index (Phi) is 3.40. The average molecular weight is 254 g/mol. The quantitative estimate of drug-likeness (QED) is 0.261. The topological polar surface area (TPSA) is 108 Å². The molecule has 1 heterocycles. The molecule has 2 fully saturated rings. The monoisotopic (exact) mass is 254 g/mol. The van der Waals surface area contributed by atoms with Crippen molar-refractivity contribution in [2.24, 2.45) is 16.3 Å². The van der Waals surface area contributed by atoms with Crippen LogP contribution in [0.5, 0.6) is 0 Å². The van der Waals surface area contributed by atoms with Crippen LogP contribution in [0, 0.1) is 5.41 Å². The molecular formula is C11H18N4O3. The van der Waals surface area contributed by atoms with Crippen LogP contribution in [0.1, 0.15) is 25.7 Å². The number of carbonyl (C=O) groups is 2. The molecule has 1 aliphatic heterocycles. The number of nitrogens with one attached hydrogen (secondary N) is 1. The largest absolute Gasteiger partial charge is 0.409 e. The predicted molar refractivity (Wildman–Crippen MR) is 63.9 cm³/mol. The van der Waals surface area contributed by atoms with E-state index in [1.54, 1.807) is 4.90 Å². The van der Waals surface area contributed by atoms with E-state index < -0.39 is 5.41 Å². The Morgan fingerprint density at radius 3 is 2.72 bits per heavy atom. The molecule has 0 spiro atoms. The van der Waals surface area contributed by atoms with E-state index in [1.807, 2.05) is 0 Å². The molecule has 0 bridgehead atoms. The van der Waals surface area contributed by atoms with Gasteiger partial charge in [-0.3, -0.25) is 9.59 Å². The van der Waals surface area contributed by atoms with Crippen LogP contribution < -0.4 is 11.1 Å². The molecule has 2 rings (SSSR count). The summed E-state index contributed by atoms with van der Waals surface area (Å²) in [6.45, 7) is 1.33. The van der Waals surface area contributed by atoms with Crippen molar-refractivity contribution in [3.63, 3.8) is 0 Å². The van der Waals surface area contributed by atoms with E-state index in [4.69, 9.17) is 10.9 Å². The van der Waals surface area contributed by atoms with Gasteiger partial charge >= 0.3 is 0 Å². The number of hydrogen-bond acceptors (Lipinski definition) is 4. The van der Waals surface area contributed by atoms with Gasteiger partial charge in [0, 0.05) is 26.1 Å². The minimum Gasteiger partial charge on any atom is -0.409 e. The molecule has 0 aromatic rings. The number of nitrogens with two attached hydrogens (primary N) is 1. The normalized spacial score (nSPS) is 23.9. The van der Waals surface area contributed by atoms with Gasteiger partial charge in [-0.1, -0.05) is 11.6 Å². The van der Waals surface area contributed by atoms with E-state index in [2.05, 4.69) is 10.5 Å². The molecule has 0 unspecified atom stereocenters. The Balaban J connectivity index is 2.12. The lowest BCUT2D eigenvalue weighted by molar-refractivity contribution is -0.142. The van der Waals surface area contributed by atoms with Gasteiger partial charge in [0.05, 0.1) is 0 Å². The molecule has 1 saturated carbocycles. The molecule has 0 aromatic heterocycles. The van der Waals surface area contributed by atoms with Gasteiger partial charge in [-0.2, -0.15) is 0 Å². The summed E-state index contributed by atoms with van der Waals surface area (Å²) in [5.74, 6) is -0.181. The fourth-order valence-electron chi connectivity index (χ4n) is 2.48. The van der Waals surface area contributed by atoms with Crippen molar-refractivity contribution in [1.82, 2.24) is 10.2 Å². The maximum absolute atomic E-state index is 12.5. The highest BCUT2D eigenvalue weighted by molar-refractivity contribution is 6.07. The predicted octanol–water partition coefficient (Wildman–Crippen LogP) is -0.748. The Hall–Kier alpha value is -1.79. The molecule has 0 radical (unpaired) electrons. The molecular weight excluding hydrogens is 236 g/mol. The van der Waals surface area contributed by atoms with Gasteiger partial charge in [0.15, 0.2) is 5.84 Å². The second-order valence-electron chi connectivity index (χ2n) is 4.81. The van der Waals surface area contributed by atoms with Crippen molar-refractivity contribution in [3.8, 4) is 0 Å². The number of carbonyl (C=O) groups excluding carboxylic acids is 2. The Labute approximate surface area is 105 Å². The highest BCUT2D eigenvalue weighted by atomic mass is 16.4. The third-order valence-electron chi connectivity index (χ3n) is 3.81. The summed E-state index contributed by atoms with van der Waals surface area (Å²) in [6, 6.07) is 0. The maximum Gasteiger partial charge on any atom is 0.236 e. The van der Waals surface area contributed by atoms with Crippen LogP contribution in [0.4, 0.5) is 0 Å². The lowest BCUT2D eigenvalue weighted by atomic mass is 9.67. The van der Waals surface area contributed by atoms with Crippen LogP contribution in [0.15, 0.2) is 5.16 Å². The molecule has 0 aromatic carbocycles. The lowest BCUT2D eigenvalue weighted by Crippen LogP contribution is -2.55. The number of amides is 2. The summed E-state index contributed by atoms with van der Waals surface area (Å²) in [7, 11) is 0. The first-order valence-corrected chi connectivity index (χ1v) is 6.14. The van der Waals surface area contributed by atoms with Gasteiger partial charge in [0.25, 0.3) is 0 Å². The fraction of sp³-hybridized carbons (Fsp3) is 0.727. The van der Waals surface area contributed by atoms with E-state index >= 15 is 0 Å². The van der Waals surface area contributed by atoms with E-state index in [0.29, 0.717) is 38.9 Å². The van der Waals surface area contributed by atoms with Crippen LogP contribution in [-0.4, -0.2) is 47.4 Å². The maximum atomic E-state index is 12.5. The summed E-state index contributed by atoms with van der Waals surface area (Å²) in [4.78, 5) is 25.3. The number of nitrogens with zero attached hydrogens (tertiary/aromatic N) is 2. The van der Waals surface area contributed by atoms with Crippen molar-refractivity contribution >= 4 is 17.6 Å². The lowest BCUT2D eigenvalue weighted by Gasteiger charge is -2.41. The Morgan fingerprint density at radius 1 is 1.44 bits per heavy atom. The molecule has 4 N–H and O–H groups in total. The average Bonchev–Trinajstić information content (AvgIpc) is 2.52. The van der Waals surface area contributed by atoms with Crippen LogP contribution in [-0.2, 0) is 9.59 Å². The number of rotatable bonds is 2. The summed E-state index contributed by atoms with van der Waals surface area (Å²) in [5.41, 5.74) is 4.81. The molecule has 7 nitrogen and oxygen atoms in total. The van der Waals surface area contributed by atoms with Crippen LogP contribution in [0.2, 0.25) is 0 Å². The van der Waals surface area contributed by atoms with Gasteiger partial charge in [-0.05, 0) is 12.8 Å². The Bertz CT molecular complexity index is 390. The van der Waals surface area contributed by atoms with Crippen molar-refractivity contribution in [2.45, 2.75) is 25.7 Å². The third-order valence-corrected chi connectivity index (χ3v) is 3.81. The number of amidine groups is 1. The molecule has 7 heteroatoms. The zero-order valence-electron chi connectivity index (χ0n) is 10.2. The van der Waals surface area contributed by atoms with Crippen molar-refractivity contribution in [2.75, 3.05) is 19.6 Å². The zero-order chi connectivity index (χ0) is 13.2. The summed E-state index contributed by atoms with van der Waals surface area (Å²) < 4.78 is 0. The molecule has 100 valence electrons. The first-order valence-electron chi connectivity index (χ1n) is 6.14. The van der Waals surface area contributed by atoms with Crippen LogP contribution >= 0.6 is 0 Å². The number of oxime groups is 1. The van der Waals surface area contributed by atoms with E-state index in [9.17, 15) is 9.59 Å². The summed E-state index contributed by atoms with van der Waals surface area (Å²) in [5, 5.41) is 14.5. The molecule has 2 amide bonds. The summed E-state index contributed by atoms with van der Waals surface area (Å²) in [6.07, 6.45) is 2.42. The highest BCUT2D eigenvalue weighted by Crippen LogP contribution is 2.42. The van der Waals surface area contributed by atoms with Crippen molar-refractivity contribution < 1.29 is 14.8 Å². The van der Waals surface area contributed by atoms with Gasteiger partial charge < -0.3 is 21.2 Å². The van der Waals surface area contributed by atoms with Crippen LogP contribution in [0.25, 0.3) is 0 Å². The van der Waals surface area contributed by atoms with Crippen molar-refractivity contribution in [3.05, 3.63) is 0 Å². The van der Waals surface area contributed by atoms with Gasteiger partial charge in [0.1, 0.15) is 5.41 Å². The third kappa shape index (κ3) is 2.00. The minimum absolute atomic E-state index is 0.0118. The molecule has 18 heavy (non-hydrogen) atoms. The molecule has 1 saturated heterocycles. The van der Waals surface area contributed by atoms with Gasteiger partial charge in [0.2, 0.25) is 11.8 Å². The van der Waals surface area contributed by atoms with Crippen molar-refractivity contribution in [1.29, 1.82) is 0 Å². The van der Waals surface area contributed by atoms with E-state index in [-0.39, 0.29) is 17.6 Å². The Morgan fingerprint density at radius 2 is 2.17 bits per heavy atom.